The molecule has 0 fully saturated rings. The van der Waals surface area contributed by atoms with Crippen LogP contribution in [0.3, 0.4) is 0 Å². The summed E-state index contributed by atoms with van der Waals surface area (Å²) in [6.07, 6.45) is 2.70. The van der Waals surface area contributed by atoms with E-state index >= 15 is 0 Å². The van der Waals surface area contributed by atoms with Crippen molar-refractivity contribution in [2.75, 3.05) is 12.0 Å². The van der Waals surface area contributed by atoms with Gasteiger partial charge in [0.15, 0.2) is 0 Å². The third-order valence-corrected chi connectivity index (χ3v) is 4.70. The van der Waals surface area contributed by atoms with Crippen LogP contribution >= 0.6 is 11.8 Å². The second-order valence-electron chi connectivity index (χ2n) is 6.20. The van der Waals surface area contributed by atoms with Gasteiger partial charge in [0.2, 0.25) is 0 Å². The highest BCUT2D eigenvalue weighted by molar-refractivity contribution is 7.98. The van der Waals surface area contributed by atoms with Crippen molar-refractivity contribution >= 4 is 29.1 Å². The highest BCUT2D eigenvalue weighted by Crippen LogP contribution is 2.18. The van der Waals surface area contributed by atoms with Crippen molar-refractivity contribution < 1.29 is 14.6 Å². The van der Waals surface area contributed by atoms with E-state index in [2.05, 4.69) is 5.16 Å². The molecule has 1 atom stereocenters. The molecular formula is C20H22N2O4S. The minimum Gasteiger partial charge on any atom is -0.317 e. The van der Waals surface area contributed by atoms with Crippen LogP contribution in [0.25, 0.3) is 0 Å². The van der Waals surface area contributed by atoms with Gasteiger partial charge in [0, 0.05) is 23.3 Å². The third kappa shape index (κ3) is 5.92. The van der Waals surface area contributed by atoms with E-state index in [-0.39, 0.29) is 11.6 Å². The SMILES string of the molecule is CSCC[C@H](C)C(=O)O/N=C(/c1ccc(C)cc1)c1ccc([N+](=O)[O-])cc1. The monoisotopic (exact) mass is 386 g/mol. The Hall–Kier alpha value is -2.67. The van der Waals surface area contributed by atoms with Crippen LogP contribution in [0.5, 0.6) is 0 Å². The number of nitrogens with zero attached hydrogens (tertiary/aromatic N) is 2. The molecule has 0 aliphatic carbocycles. The Kier molecular flexibility index (Phi) is 7.55. The maximum Gasteiger partial charge on any atom is 0.337 e. The Bertz CT molecular complexity index is 817. The fourth-order valence-corrected chi connectivity index (χ4v) is 2.91. The highest BCUT2D eigenvalue weighted by atomic mass is 32.2. The van der Waals surface area contributed by atoms with Crippen molar-refractivity contribution in [2.45, 2.75) is 20.3 Å². The largest absolute Gasteiger partial charge is 0.337 e. The molecule has 0 aliphatic heterocycles. The van der Waals surface area contributed by atoms with Crippen LogP contribution in [0.4, 0.5) is 5.69 Å². The molecule has 0 saturated carbocycles. The van der Waals surface area contributed by atoms with E-state index in [1.54, 1.807) is 23.9 Å². The molecule has 0 bridgehead atoms. The van der Waals surface area contributed by atoms with Crippen LogP contribution in [-0.4, -0.2) is 28.6 Å². The summed E-state index contributed by atoms with van der Waals surface area (Å²) in [6.45, 7) is 3.78. The molecule has 0 aromatic heterocycles. The smallest absolute Gasteiger partial charge is 0.317 e. The van der Waals surface area contributed by atoms with Gasteiger partial charge in [0.1, 0.15) is 5.71 Å². The van der Waals surface area contributed by atoms with Gasteiger partial charge in [-0.15, -0.1) is 0 Å². The molecule has 0 saturated heterocycles. The van der Waals surface area contributed by atoms with Gasteiger partial charge in [-0.05, 0) is 37.5 Å². The standard InChI is InChI=1S/C20H22N2O4S/c1-14-4-6-16(7-5-14)19(17-8-10-18(11-9-17)22(24)25)21-26-20(23)15(2)12-13-27-3/h4-11,15H,12-13H2,1-3H3/b21-19-/t15-/m0/s1. The predicted octanol–water partition coefficient (Wildman–Crippen LogP) is 4.59. The number of oxime groups is 1. The number of benzene rings is 2. The van der Waals surface area contributed by atoms with Gasteiger partial charge in [-0.3, -0.25) is 10.1 Å². The van der Waals surface area contributed by atoms with Crippen LogP contribution < -0.4 is 0 Å². The predicted molar refractivity (Wildman–Crippen MR) is 108 cm³/mol. The van der Waals surface area contributed by atoms with Crippen LogP contribution in [0.2, 0.25) is 0 Å². The van der Waals surface area contributed by atoms with Gasteiger partial charge in [-0.25, -0.2) is 4.79 Å². The van der Waals surface area contributed by atoms with Gasteiger partial charge < -0.3 is 4.84 Å². The van der Waals surface area contributed by atoms with E-state index in [4.69, 9.17) is 4.84 Å². The summed E-state index contributed by atoms with van der Waals surface area (Å²) in [6, 6.07) is 13.6. The van der Waals surface area contributed by atoms with Gasteiger partial charge in [-0.1, -0.05) is 41.9 Å². The third-order valence-electron chi connectivity index (χ3n) is 4.06. The number of carbonyl (C=O) groups excluding carboxylic acids is 1. The van der Waals surface area contributed by atoms with Gasteiger partial charge in [-0.2, -0.15) is 11.8 Å². The van der Waals surface area contributed by atoms with E-state index < -0.39 is 10.9 Å². The lowest BCUT2D eigenvalue weighted by atomic mass is 10.0. The quantitative estimate of drug-likeness (QED) is 0.287. The van der Waals surface area contributed by atoms with Crippen molar-refractivity contribution in [3.05, 3.63) is 75.3 Å². The zero-order chi connectivity index (χ0) is 19.8. The molecule has 0 radical (unpaired) electrons. The number of aryl methyl sites for hydroxylation is 1. The Morgan fingerprint density at radius 2 is 1.70 bits per heavy atom. The number of thioether (sulfide) groups is 1. The first-order chi connectivity index (χ1) is 12.9. The van der Waals surface area contributed by atoms with Gasteiger partial charge in [0.25, 0.3) is 5.69 Å². The maximum absolute atomic E-state index is 12.2. The number of carbonyl (C=O) groups is 1. The summed E-state index contributed by atoms with van der Waals surface area (Å²) in [5.74, 6) is 0.223. The van der Waals surface area contributed by atoms with Crippen molar-refractivity contribution in [1.29, 1.82) is 0 Å². The second kappa shape index (κ2) is 9.87. The molecule has 7 heteroatoms. The topological polar surface area (TPSA) is 81.8 Å². The zero-order valence-corrected chi connectivity index (χ0v) is 16.4. The van der Waals surface area contributed by atoms with E-state index in [0.29, 0.717) is 17.7 Å². The Labute approximate surface area is 162 Å². The zero-order valence-electron chi connectivity index (χ0n) is 15.5. The first kappa shape index (κ1) is 20.6. The number of non-ortho nitro benzene ring substituents is 1. The van der Waals surface area contributed by atoms with E-state index in [0.717, 1.165) is 16.9 Å². The Morgan fingerprint density at radius 3 is 2.22 bits per heavy atom. The molecule has 0 amide bonds. The molecule has 2 rings (SSSR count). The van der Waals surface area contributed by atoms with E-state index in [1.807, 2.05) is 44.4 Å². The number of rotatable bonds is 8. The minimum absolute atomic E-state index is 0.00955. The van der Waals surface area contributed by atoms with Crippen molar-refractivity contribution in [3.63, 3.8) is 0 Å². The summed E-state index contributed by atoms with van der Waals surface area (Å²) in [5, 5.41) is 15.0. The summed E-state index contributed by atoms with van der Waals surface area (Å²) in [4.78, 5) is 27.8. The fraction of sp³-hybridized carbons (Fsp3) is 0.300. The summed E-state index contributed by atoms with van der Waals surface area (Å²) >= 11 is 1.67. The molecule has 0 heterocycles. The van der Waals surface area contributed by atoms with Crippen LogP contribution in [-0.2, 0) is 9.63 Å². The van der Waals surface area contributed by atoms with E-state index in [9.17, 15) is 14.9 Å². The van der Waals surface area contributed by atoms with Gasteiger partial charge in [0.05, 0.1) is 10.8 Å². The maximum atomic E-state index is 12.2. The number of nitro benzene ring substituents is 1. The summed E-state index contributed by atoms with van der Waals surface area (Å²) < 4.78 is 0. The number of nitro groups is 1. The lowest BCUT2D eigenvalue weighted by Gasteiger charge is -2.10. The molecule has 2 aromatic carbocycles. The molecule has 6 nitrogen and oxygen atoms in total. The second-order valence-corrected chi connectivity index (χ2v) is 7.19. The number of hydrogen-bond acceptors (Lipinski definition) is 6. The minimum atomic E-state index is -0.458. The van der Waals surface area contributed by atoms with Crippen LogP contribution in [0.1, 0.15) is 30.0 Å². The molecule has 0 aliphatic rings. The molecule has 2 aromatic rings. The summed E-state index contributed by atoms with van der Waals surface area (Å²) in [5.41, 5.74) is 2.93. The lowest BCUT2D eigenvalue weighted by Crippen LogP contribution is -2.15. The first-order valence-corrected chi connectivity index (χ1v) is 9.91. The fourth-order valence-electron chi connectivity index (χ4n) is 2.32. The molecule has 142 valence electrons. The van der Waals surface area contributed by atoms with Gasteiger partial charge >= 0.3 is 5.97 Å². The first-order valence-electron chi connectivity index (χ1n) is 8.52. The average Bonchev–Trinajstić information content (AvgIpc) is 2.67. The van der Waals surface area contributed by atoms with E-state index in [1.165, 1.54) is 12.1 Å². The molecular weight excluding hydrogens is 364 g/mol. The van der Waals surface area contributed by atoms with Crippen molar-refractivity contribution in [1.82, 2.24) is 0 Å². The molecule has 0 N–H and O–H groups in total. The average molecular weight is 386 g/mol. The molecule has 27 heavy (non-hydrogen) atoms. The summed E-state index contributed by atoms with van der Waals surface area (Å²) in [7, 11) is 0. The Morgan fingerprint density at radius 1 is 1.15 bits per heavy atom. The van der Waals surface area contributed by atoms with Crippen LogP contribution in [0.15, 0.2) is 53.7 Å². The van der Waals surface area contributed by atoms with Crippen molar-refractivity contribution in [2.24, 2.45) is 11.1 Å². The van der Waals surface area contributed by atoms with Crippen LogP contribution in [0, 0.1) is 23.0 Å². The van der Waals surface area contributed by atoms with Crippen molar-refractivity contribution in [3.8, 4) is 0 Å². The Balaban J connectivity index is 2.30. The number of hydrogen-bond donors (Lipinski definition) is 0. The lowest BCUT2D eigenvalue weighted by molar-refractivity contribution is -0.384. The highest BCUT2D eigenvalue weighted by Gasteiger charge is 2.16. The molecule has 0 spiro atoms. The molecule has 0 unspecified atom stereocenters. The normalized spacial score (nSPS) is 12.5.